The summed E-state index contributed by atoms with van der Waals surface area (Å²) in [6, 6.07) is 8.55. The second-order valence-electron chi connectivity index (χ2n) is 9.65. The Bertz CT molecular complexity index is 1580. The van der Waals surface area contributed by atoms with Gasteiger partial charge >= 0.3 is 6.18 Å². The fourth-order valence-electron chi connectivity index (χ4n) is 5.17. The number of carbonyl (C=O) groups is 1. The van der Waals surface area contributed by atoms with Crippen molar-refractivity contribution in [3.05, 3.63) is 82.7 Å². The summed E-state index contributed by atoms with van der Waals surface area (Å²) in [4.78, 5) is 21.1. The highest BCUT2D eigenvalue weighted by Gasteiger charge is 2.39. The maximum atomic E-state index is 14.4. The predicted molar refractivity (Wildman–Crippen MR) is 138 cm³/mol. The van der Waals surface area contributed by atoms with Crippen LogP contribution >= 0.6 is 0 Å². The third-order valence-corrected chi connectivity index (χ3v) is 7.28. The molecule has 2 aromatic heterocycles. The Morgan fingerprint density at radius 1 is 1.07 bits per heavy atom. The Hall–Kier alpha value is -4.10. The van der Waals surface area contributed by atoms with Crippen molar-refractivity contribution in [2.75, 3.05) is 39.9 Å². The molecule has 0 spiro atoms. The van der Waals surface area contributed by atoms with E-state index in [-0.39, 0.29) is 54.2 Å². The van der Waals surface area contributed by atoms with E-state index in [4.69, 9.17) is 4.74 Å². The first kappa shape index (κ1) is 28.4. The van der Waals surface area contributed by atoms with Gasteiger partial charge in [0.15, 0.2) is 11.3 Å². The van der Waals surface area contributed by atoms with Gasteiger partial charge in [-0.3, -0.25) is 9.69 Å². The van der Waals surface area contributed by atoms with Gasteiger partial charge in [-0.2, -0.15) is 18.3 Å². The molecule has 8 nitrogen and oxygen atoms in total. The van der Waals surface area contributed by atoms with Crippen LogP contribution in [0.5, 0.6) is 5.75 Å². The van der Waals surface area contributed by atoms with E-state index in [1.54, 1.807) is 29.2 Å². The molecule has 0 aliphatic carbocycles. The Morgan fingerprint density at radius 2 is 1.76 bits per heavy atom. The smallest absolute Gasteiger partial charge is 0.433 e. The van der Waals surface area contributed by atoms with E-state index < -0.39 is 42.1 Å². The lowest BCUT2D eigenvalue weighted by atomic mass is 10.0. The highest BCUT2D eigenvalue weighted by Crippen LogP contribution is 2.37. The molecule has 0 saturated carbocycles. The molecule has 1 fully saturated rings. The minimum absolute atomic E-state index is 0.000200. The van der Waals surface area contributed by atoms with Crippen LogP contribution in [0.2, 0.25) is 0 Å². The van der Waals surface area contributed by atoms with Gasteiger partial charge in [0.25, 0.3) is 5.91 Å². The van der Waals surface area contributed by atoms with Crippen molar-refractivity contribution < 1.29 is 36.6 Å². The van der Waals surface area contributed by atoms with E-state index in [2.05, 4.69) is 10.1 Å². The molecule has 0 bridgehead atoms. The quantitative estimate of drug-likeness (QED) is 0.341. The third-order valence-electron chi connectivity index (χ3n) is 7.28. The maximum Gasteiger partial charge on any atom is 0.433 e. The van der Waals surface area contributed by atoms with Crippen molar-refractivity contribution in [2.45, 2.75) is 19.1 Å². The summed E-state index contributed by atoms with van der Waals surface area (Å²) in [5.41, 5.74) is -1.07. The lowest BCUT2D eigenvalue weighted by molar-refractivity contribution is -0.143. The van der Waals surface area contributed by atoms with Crippen LogP contribution in [0.25, 0.3) is 16.9 Å². The molecular weight excluding hydrogens is 549 g/mol. The topological polar surface area (TPSA) is 83.2 Å². The average Bonchev–Trinajstić information content (AvgIpc) is 3.37. The number of aliphatic hydroxyl groups is 1. The molecule has 1 saturated heterocycles. The lowest BCUT2D eigenvalue weighted by Crippen LogP contribution is -2.50. The van der Waals surface area contributed by atoms with Crippen LogP contribution in [0, 0.1) is 18.6 Å². The summed E-state index contributed by atoms with van der Waals surface area (Å²) in [5.74, 6) is -1.35. The van der Waals surface area contributed by atoms with Crippen molar-refractivity contribution in [3.8, 4) is 17.0 Å². The van der Waals surface area contributed by atoms with Gasteiger partial charge in [0.1, 0.15) is 22.9 Å². The summed E-state index contributed by atoms with van der Waals surface area (Å²) >= 11 is 0. The van der Waals surface area contributed by atoms with Crippen molar-refractivity contribution in [1.29, 1.82) is 0 Å². The van der Waals surface area contributed by atoms with E-state index in [9.17, 15) is 31.9 Å². The number of alkyl halides is 3. The van der Waals surface area contributed by atoms with Crippen molar-refractivity contribution in [3.63, 3.8) is 0 Å². The van der Waals surface area contributed by atoms with E-state index in [0.717, 1.165) is 24.4 Å². The van der Waals surface area contributed by atoms with Gasteiger partial charge in [-0.25, -0.2) is 18.3 Å². The zero-order valence-electron chi connectivity index (χ0n) is 22.1. The fraction of sp³-hybridized carbons (Fsp3) is 0.321. The summed E-state index contributed by atoms with van der Waals surface area (Å²) in [6.45, 7) is 1.52. The van der Waals surface area contributed by atoms with Crippen LogP contribution in [0.15, 0.2) is 48.7 Å². The molecule has 41 heavy (non-hydrogen) atoms. The maximum absolute atomic E-state index is 14.4. The number of hydrogen-bond acceptors (Lipinski definition) is 6. The van der Waals surface area contributed by atoms with Gasteiger partial charge in [-0.15, -0.1) is 0 Å². The van der Waals surface area contributed by atoms with E-state index in [1.165, 1.54) is 18.9 Å². The monoisotopic (exact) mass is 575 g/mol. The van der Waals surface area contributed by atoms with Gasteiger partial charge in [0.05, 0.1) is 31.6 Å². The molecule has 0 radical (unpaired) electrons. The van der Waals surface area contributed by atoms with Crippen LogP contribution in [-0.4, -0.2) is 75.3 Å². The SMILES string of the molecule is COc1ccc(-c2nc3c(C(=O)N4CCN([C@H](CO)c5cc(F)ccc5F)CC4)cnn3c(C(F)(F)F)c2C)cc1. The van der Waals surface area contributed by atoms with E-state index in [1.807, 2.05) is 0 Å². The Balaban J connectivity index is 1.45. The minimum Gasteiger partial charge on any atom is -0.497 e. The van der Waals surface area contributed by atoms with E-state index in [0.29, 0.717) is 15.8 Å². The zero-order valence-corrected chi connectivity index (χ0v) is 22.1. The number of amides is 1. The van der Waals surface area contributed by atoms with Crippen molar-refractivity contribution >= 4 is 11.6 Å². The van der Waals surface area contributed by atoms with Crippen LogP contribution in [0.3, 0.4) is 0 Å². The molecule has 0 unspecified atom stereocenters. The first-order chi connectivity index (χ1) is 19.5. The molecule has 4 aromatic rings. The summed E-state index contributed by atoms with van der Waals surface area (Å²) in [5, 5.41) is 13.8. The van der Waals surface area contributed by atoms with Crippen molar-refractivity contribution in [1.82, 2.24) is 24.4 Å². The number of benzene rings is 2. The highest BCUT2D eigenvalue weighted by atomic mass is 19.4. The molecule has 5 rings (SSSR count). The number of piperazine rings is 1. The van der Waals surface area contributed by atoms with Crippen LogP contribution in [-0.2, 0) is 6.18 Å². The number of methoxy groups -OCH3 is 1. The Kier molecular flexibility index (Phi) is 7.66. The number of carbonyl (C=O) groups excluding carboxylic acids is 1. The van der Waals surface area contributed by atoms with Gasteiger partial charge in [0.2, 0.25) is 0 Å². The zero-order chi connectivity index (χ0) is 29.5. The number of aliphatic hydroxyl groups excluding tert-OH is 1. The third kappa shape index (κ3) is 5.34. The second-order valence-corrected chi connectivity index (χ2v) is 9.65. The number of nitrogens with zero attached hydrogens (tertiary/aromatic N) is 5. The minimum atomic E-state index is -4.78. The van der Waals surface area contributed by atoms with Crippen molar-refractivity contribution in [2.24, 2.45) is 0 Å². The Labute approximate surface area is 231 Å². The van der Waals surface area contributed by atoms with Crippen LogP contribution in [0.1, 0.15) is 33.2 Å². The average molecular weight is 576 g/mol. The molecular formula is C28H26F5N5O3. The first-order valence-electron chi connectivity index (χ1n) is 12.7. The second kappa shape index (κ2) is 11.1. The van der Waals surface area contributed by atoms with Crippen LogP contribution in [0.4, 0.5) is 22.0 Å². The number of aromatic nitrogens is 3. The molecule has 3 heterocycles. The fourth-order valence-corrected chi connectivity index (χ4v) is 5.17. The number of hydrogen-bond donors (Lipinski definition) is 1. The largest absolute Gasteiger partial charge is 0.497 e. The van der Waals surface area contributed by atoms with Gasteiger partial charge in [-0.05, 0) is 49.4 Å². The molecule has 1 amide bonds. The van der Waals surface area contributed by atoms with Gasteiger partial charge in [-0.1, -0.05) is 0 Å². The molecule has 13 heteroatoms. The van der Waals surface area contributed by atoms with E-state index >= 15 is 0 Å². The Morgan fingerprint density at radius 3 is 2.37 bits per heavy atom. The molecule has 1 aliphatic rings. The number of rotatable bonds is 6. The summed E-state index contributed by atoms with van der Waals surface area (Å²) < 4.78 is 76.6. The first-order valence-corrected chi connectivity index (χ1v) is 12.7. The standard InChI is InChI=1S/C28H26F5N5O3/c1-16-24(17-3-6-19(41-2)7-4-17)35-26-21(14-34-38(26)25(16)28(31,32)33)27(40)37-11-9-36(10-12-37)23(15-39)20-13-18(29)5-8-22(20)30/h3-8,13-14,23,39H,9-12,15H2,1-2H3/t23-/m1/s1. The normalized spacial score (nSPS) is 15.4. The number of ether oxygens (including phenoxy) is 1. The van der Waals surface area contributed by atoms with Crippen LogP contribution < -0.4 is 4.74 Å². The molecule has 216 valence electrons. The molecule has 1 atom stereocenters. The summed E-state index contributed by atoms with van der Waals surface area (Å²) in [6.07, 6.45) is -3.71. The summed E-state index contributed by atoms with van der Waals surface area (Å²) in [7, 11) is 1.47. The number of fused-ring (bicyclic) bond motifs is 1. The van der Waals surface area contributed by atoms with Gasteiger partial charge in [0, 0.05) is 42.9 Å². The molecule has 1 aliphatic heterocycles. The highest BCUT2D eigenvalue weighted by molar-refractivity contribution is 6.00. The molecule has 1 N–H and O–H groups in total. The predicted octanol–water partition coefficient (Wildman–Crippen LogP) is 4.50. The van der Waals surface area contributed by atoms with Gasteiger partial charge < -0.3 is 14.7 Å². The number of halogens is 5. The molecule has 2 aromatic carbocycles. The lowest BCUT2D eigenvalue weighted by Gasteiger charge is -2.38.